The van der Waals surface area contributed by atoms with Gasteiger partial charge in [0.15, 0.2) is 6.61 Å². The standard InChI is InChI=1S/C22H19ClN2O3/c1-15-6-4-9-18(12-15)28-14-21(26)24-16-7-5-8-17(13-16)25-22(27)19-10-2-3-11-20(19)23/h2-13H,14H2,1H3,(H,24,26)(H,25,27). The predicted molar refractivity (Wildman–Crippen MR) is 111 cm³/mol. The maximum Gasteiger partial charge on any atom is 0.262 e. The van der Waals surface area contributed by atoms with E-state index in [0.29, 0.717) is 27.7 Å². The van der Waals surface area contributed by atoms with Crippen LogP contribution < -0.4 is 15.4 Å². The summed E-state index contributed by atoms with van der Waals surface area (Å²) in [6.45, 7) is 1.84. The van der Waals surface area contributed by atoms with Gasteiger partial charge in [0, 0.05) is 11.4 Å². The molecule has 0 aliphatic carbocycles. The van der Waals surface area contributed by atoms with Gasteiger partial charge in [0.2, 0.25) is 0 Å². The number of rotatable bonds is 6. The number of benzene rings is 3. The summed E-state index contributed by atoms with van der Waals surface area (Å²) in [6.07, 6.45) is 0. The number of amides is 2. The molecule has 0 saturated heterocycles. The Morgan fingerprint density at radius 3 is 2.36 bits per heavy atom. The SMILES string of the molecule is Cc1cccc(OCC(=O)Nc2cccc(NC(=O)c3ccccc3Cl)c2)c1. The van der Waals surface area contributed by atoms with E-state index in [2.05, 4.69) is 10.6 Å². The first kappa shape index (κ1) is 19.5. The van der Waals surface area contributed by atoms with Crippen molar-refractivity contribution in [3.05, 3.63) is 88.9 Å². The second-order valence-corrected chi connectivity index (χ2v) is 6.58. The van der Waals surface area contributed by atoms with Gasteiger partial charge in [-0.05, 0) is 55.0 Å². The second kappa shape index (κ2) is 9.06. The summed E-state index contributed by atoms with van der Waals surface area (Å²) in [5, 5.41) is 5.89. The summed E-state index contributed by atoms with van der Waals surface area (Å²) in [5.74, 6) is 0.0175. The van der Waals surface area contributed by atoms with Crippen LogP contribution in [0.5, 0.6) is 5.75 Å². The Kier molecular flexibility index (Phi) is 6.29. The van der Waals surface area contributed by atoms with Gasteiger partial charge in [0.25, 0.3) is 11.8 Å². The van der Waals surface area contributed by atoms with Crippen molar-refractivity contribution in [2.24, 2.45) is 0 Å². The Morgan fingerprint density at radius 2 is 1.61 bits per heavy atom. The van der Waals surface area contributed by atoms with Gasteiger partial charge in [0.1, 0.15) is 5.75 Å². The van der Waals surface area contributed by atoms with E-state index in [9.17, 15) is 9.59 Å². The molecule has 0 saturated carbocycles. The molecule has 3 aromatic carbocycles. The molecule has 0 unspecified atom stereocenters. The molecule has 6 heteroatoms. The van der Waals surface area contributed by atoms with E-state index in [1.165, 1.54) is 0 Å². The van der Waals surface area contributed by atoms with Crippen LogP contribution in [0.15, 0.2) is 72.8 Å². The lowest BCUT2D eigenvalue weighted by Crippen LogP contribution is -2.20. The lowest BCUT2D eigenvalue weighted by atomic mass is 10.2. The second-order valence-electron chi connectivity index (χ2n) is 6.17. The zero-order valence-electron chi connectivity index (χ0n) is 15.2. The van der Waals surface area contributed by atoms with Gasteiger partial charge >= 0.3 is 0 Å². The van der Waals surface area contributed by atoms with Crippen LogP contribution in [0.25, 0.3) is 0 Å². The van der Waals surface area contributed by atoms with E-state index in [4.69, 9.17) is 16.3 Å². The van der Waals surface area contributed by atoms with E-state index in [1.54, 1.807) is 54.6 Å². The molecule has 0 spiro atoms. The van der Waals surface area contributed by atoms with Gasteiger partial charge in [0.05, 0.1) is 10.6 Å². The Bertz CT molecular complexity index is 1000. The molecule has 28 heavy (non-hydrogen) atoms. The van der Waals surface area contributed by atoms with Crippen molar-refractivity contribution in [3.8, 4) is 5.75 Å². The van der Waals surface area contributed by atoms with Crippen LogP contribution in [0, 0.1) is 6.92 Å². The first-order valence-corrected chi connectivity index (χ1v) is 9.04. The van der Waals surface area contributed by atoms with Crippen LogP contribution in [0.2, 0.25) is 5.02 Å². The lowest BCUT2D eigenvalue weighted by molar-refractivity contribution is -0.118. The van der Waals surface area contributed by atoms with Crippen LogP contribution in [-0.4, -0.2) is 18.4 Å². The number of anilines is 2. The van der Waals surface area contributed by atoms with Crippen molar-refractivity contribution in [2.45, 2.75) is 6.92 Å². The molecule has 0 atom stereocenters. The number of carbonyl (C=O) groups excluding carboxylic acids is 2. The van der Waals surface area contributed by atoms with Crippen LogP contribution in [0.4, 0.5) is 11.4 Å². The fourth-order valence-electron chi connectivity index (χ4n) is 2.57. The Hall–Kier alpha value is -3.31. The number of halogens is 1. The van der Waals surface area contributed by atoms with Crippen LogP contribution >= 0.6 is 11.6 Å². The fourth-order valence-corrected chi connectivity index (χ4v) is 2.79. The first-order valence-electron chi connectivity index (χ1n) is 8.66. The fraction of sp³-hybridized carbons (Fsp3) is 0.0909. The molecule has 3 aromatic rings. The number of aryl methyl sites for hydroxylation is 1. The number of ether oxygens (including phenoxy) is 1. The summed E-state index contributed by atoms with van der Waals surface area (Å²) < 4.78 is 5.49. The zero-order valence-corrected chi connectivity index (χ0v) is 16.0. The van der Waals surface area contributed by atoms with Gasteiger partial charge in [-0.15, -0.1) is 0 Å². The van der Waals surface area contributed by atoms with Crippen LogP contribution in [-0.2, 0) is 4.79 Å². The van der Waals surface area contributed by atoms with Crippen molar-refractivity contribution in [1.29, 1.82) is 0 Å². The number of hydrogen-bond donors (Lipinski definition) is 2. The predicted octanol–water partition coefficient (Wildman–Crippen LogP) is 4.92. The largest absolute Gasteiger partial charge is 0.484 e. The van der Waals surface area contributed by atoms with Crippen molar-refractivity contribution >= 4 is 34.8 Å². The third-order valence-electron chi connectivity index (χ3n) is 3.88. The highest BCUT2D eigenvalue weighted by Crippen LogP contribution is 2.19. The summed E-state index contributed by atoms with van der Waals surface area (Å²) in [7, 11) is 0. The smallest absolute Gasteiger partial charge is 0.262 e. The minimum Gasteiger partial charge on any atom is -0.484 e. The molecule has 2 amide bonds. The lowest BCUT2D eigenvalue weighted by Gasteiger charge is -2.10. The van der Waals surface area contributed by atoms with E-state index in [-0.39, 0.29) is 18.4 Å². The van der Waals surface area contributed by atoms with Crippen molar-refractivity contribution in [1.82, 2.24) is 0 Å². The maximum atomic E-state index is 12.4. The monoisotopic (exact) mass is 394 g/mol. The van der Waals surface area contributed by atoms with Gasteiger partial charge in [-0.2, -0.15) is 0 Å². The zero-order chi connectivity index (χ0) is 19.9. The molecular formula is C22H19ClN2O3. The summed E-state index contributed by atoms with van der Waals surface area (Å²) >= 11 is 6.05. The number of hydrogen-bond acceptors (Lipinski definition) is 3. The topological polar surface area (TPSA) is 67.4 Å². The molecule has 0 radical (unpaired) electrons. The minimum absolute atomic E-state index is 0.111. The number of nitrogens with one attached hydrogen (secondary N) is 2. The van der Waals surface area contributed by atoms with Gasteiger partial charge in [-0.3, -0.25) is 9.59 Å². The molecule has 3 rings (SSSR count). The molecule has 0 fully saturated rings. The highest BCUT2D eigenvalue weighted by Gasteiger charge is 2.10. The van der Waals surface area contributed by atoms with Crippen LogP contribution in [0.1, 0.15) is 15.9 Å². The summed E-state index contributed by atoms with van der Waals surface area (Å²) in [4.78, 5) is 24.5. The molecule has 142 valence electrons. The van der Waals surface area contributed by atoms with E-state index in [0.717, 1.165) is 5.56 Å². The van der Waals surface area contributed by atoms with Crippen molar-refractivity contribution in [2.75, 3.05) is 17.2 Å². The molecule has 0 aromatic heterocycles. The van der Waals surface area contributed by atoms with E-state index >= 15 is 0 Å². The first-order chi connectivity index (χ1) is 13.5. The van der Waals surface area contributed by atoms with Crippen molar-refractivity contribution < 1.29 is 14.3 Å². The highest BCUT2D eigenvalue weighted by atomic mass is 35.5. The Morgan fingerprint density at radius 1 is 0.893 bits per heavy atom. The number of carbonyl (C=O) groups is 2. The average Bonchev–Trinajstić information content (AvgIpc) is 2.67. The average molecular weight is 395 g/mol. The Labute approximate surface area is 168 Å². The molecular weight excluding hydrogens is 376 g/mol. The normalized spacial score (nSPS) is 10.2. The third kappa shape index (κ3) is 5.34. The Balaban J connectivity index is 1.59. The molecule has 0 heterocycles. The molecule has 0 aliphatic heterocycles. The molecule has 0 bridgehead atoms. The molecule has 2 N–H and O–H groups in total. The maximum absolute atomic E-state index is 12.4. The highest BCUT2D eigenvalue weighted by molar-refractivity contribution is 6.34. The van der Waals surface area contributed by atoms with Gasteiger partial charge in [-0.25, -0.2) is 0 Å². The van der Waals surface area contributed by atoms with Gasteiger partial charge in [-0.1, -0.05) is 41.9 Å². The minimum atomic E-state index is -0.322. The van der Waals surface area contributed by atoms with E-state index < -0.39 is 0 Å². The molecule has 5 nitrogen and oxygen atoms in total. The van der Waals surface area contributed by atoms with Crippen LogP contribution in [0.3, 0.4) is 0 Å². The quantitative estimate of drug-likeness (QED) is 0.623. The van der Waals surface area contributed by atoms with Crippen molar-refractivity contribution in [3.63, 3.8) is 0 Å². The third-order valence-corrected chi connectivity index (χ3v) is 4.21. The van der Waals surface area contributed by atoms with Gasteiger partial charge < -0.3 is 15.4 Å². The van der Waals surface area contributed by atoms with E-state index in [1.807, 2.05) is 25.1 Å². The molecule has 0 aliphatic rings. The summed E-state index contributed by atoms with van der Waals surface area (Å²) in [5.41, 5.74) is 2.53. The summed E-state index contributed by atoms with van der Waals surface area (Å²) in [6, 6.07) is 21.1.